The molecule has 0 atom stereocenters. The van der Waals surface area contributed by atoms with Crippen LogP contribution in [0.25, 0.3) is 0 Å². The van der Waals surface area contributed by atoms with Gasteiger partial charge in [-0.25, -0.2) is 0 Å². The molecule has 0 aliphatic heterocycles. The molecule has 0 aliphatic carbocycles. The van der Waals surface area contributed by atoms with Crippen LogP contribution < -0.4 is 0 Å². The lowest BCUT2D eigenvalue weighted by molar-refractivity contribution is -0.137. The lowest BCUT2D eigenvalue weighted by Crippen LogP contribution is -1.93. The van der Waals surface area contributed by atoms with Gasteiger partial charge in [0.1, 0.15) is 11.5 Å². The van der Waals surface area contributed by atoms with Crippen LogP contribution in [0.5, 0.6) is 0 Å². The summed E-state index contributed by atoms with van der Waals surface area (Å²) >= 11 is 0. The molecule has 1 heterocycles. The number of hydrogen-bond donors (Lipinski definition) is 1. The third-order valence-corrected chi connectivity index (χ3v) is 4.64. The summed E-state index contributed by atoms with van der Waals surface area (Å²) in [5, 5.41) is 8.61. The van der Waals surface area contributed by atoms with E-state index in [-0.39, 0.29) is 0 Å². The first kappa shape index (κ1) is 20.8. The number of carboxylic acid groups (broad SMARTS) is 1. The zero-order valence-corrected chi connectivity index (χ0v) is 15.7. The van der Waals surface area contributed by atoms with Crippen LogP contribution in [0.3, 0.4) is 0 Å². The van der Waals surface area contributed by atoms with Crippen LogP contribution in [0.15, 0.2) is 10.5 Å². The second kappa shape index (κ2) is 13.1. The van der Waals surface area contributed by atoms with Crippen LogP contribution in [-0.2, 0) is 17.6 Å². The minimum Gasteiger partial charge on any atom is -0.481 e. The largest absolute Gasteiger partial charge is 0.481 e. The van der Waals surface area contributed by atoms with Crippen LogP contribution in [0.2, 0.25) is 0 Å². The molecular formula is C21H36O3. The molecule has 0 spiro atoms. The van der Waals surface area contributed by atoms with Crippen molar-refractivity contribution in [2.75, 3.05) is 0 Å². The summed E-state index contributed by atoms with van der Waals surface area (Å²) in [6.07, 6.45) is 15.6. The molecule has 0 bridgehead atoms. The maximum Gasteiger partial charge on any atom is 0.303 e. The molecule has 138 valence electrons. The lowest BCUT2D eigenvalue weighted by atomic mass is 10.1. The second-order valence-corrected chi connectivity index (χ2v) is 7.00. The maximum absolute atomic E-state index is 10.5. The molecule has 1 aromatic rings. The smallest absolute Gasteiger partial charge is 0.303 e. The minimum absolute atomic E-state index is 0.294. The summed E-state index contributed by atoms with van der Waals surface area (Å²) in [7, 11) is 0. The molecule has 0 aromatic carbocycles. The number of rotatable bonds is 15. The number of aliphatic carboxylic acids is 1. The van der Waals surface area contributed by atoms with E-state index in [0.717, 1.165) is 44.3 Å². The molecule has 0 saturated carbocycles. The van der Waals surface area contributed by atoms with Gasteiger partial charge in [-0.1, -0.05) is 58.3 Å². The van der Waals surface area contributed by atoms with E-state index >= 15 is 0 Å². The Bertz CT molecular complexity index is 448. The number of carbonyl (C=O) groups is 1. The number of hydrogen-bond acceptors (Lipinski definition) is 2. The van der Waals surface area contributed by atoms with Gasteiger partial charge in [-0.15, -0.1) is 0 Å². The first-order valence-electron chi connectivity index (χ1n) is 9.93. The van der Waals surface area contributed by atoms with Crippen LogP contribution in [0.1, 0.15) is 101 Å². The highest BCUT2D eigenvalue weighted by Gasteiger charge is 2.07. The van der Waals surface area contributed by atoms with Crippen molar-refractivity contribution in [3.8, 4) is 0 Å². The fraction of sp³-hybridized carbons (Fsp3) is 0.762. The second-order valence-electron chi connectivity index (χ2n) is 7.00. The van der Waals surface area contributed by atoms with Crippen molar-refractivity contribution < 1.29 is 14.3 Å². The monoisotopic (exact) mass is 336 g/mol. The van der Waals surface area contributed by atoms with Crippen LogP contribution >= 0.6 is 0 Å². The molecule has 0 fully saturated rings. The van der Waals surface area contributed by atoms with Crippen molar-refractivity contribution in [2.24, 2.45) is 0 Å². The predicted octanol–water partition coefficient (Wildman–Crippen LogP) is 6.46. The van der Waals surface area contributed by atoms with Gasteiger partial charge < -0.3 is 9.52 Å². The van der Waals surface area contributed by atoms with Crippen molar-refractivity contribution in [1.29, 1.82) is 0 Å². The number of aryl methyl sites for hydroxylation is 3. The van der Waals surface area contributed by atoms with Gasteiger partial charge in [-0.2, -0.15) is 0 Å². The average molecular weight is 337 g/mol. The molecule has 0 saturated heterocycles. The zero-order chi connectivity index (χ0) is 17.6. The van der Waals surface area contributed by atoms with Gasteiger partial charge in [-0.3, -0.25) is 4.79 Å². The third kappa shape index (κ3) is 9.79. The Labute approximate surface area is 147 Å². The molecular weight excluding hydrogens is 300 g/mol. The first-order chi connectivity index (χ1) is 11.6. The van der Waals surface area contributed by atoms with E-state index in [4.69, 9.17) is 9.52 Å². The molecule has 0 unspecified atom stereocenters. The molecule has 3 heteroatoms. The highest BCUT2D eigenvalue weighted by Crippen LogP contribution is 2.20. The maximum atomic E-state index is 10.5. The molecule has 0 radical (unpaired) electrons. The fourth-order valence-electron chi connectivity index (χ4n) is 3.13. The van der Waals surface area contributed by atoms with Gasteiger partial charge in [0, 0.05) is 19.3 Å². The topological polar surface area (TPSA) is 50.4 Å². The Kier molecular flexibility index (Phi) is 11.3. The van der Waals surface area contributed by atoms with Crippen molar-refractivity contribution in [3.63, 3.8) is 0 Å². The van der Waals surface area contributed by atoms with Crippen molar-refractivity contribution in [1.82, 2.24) is 0 Å². The van der Waals surface area contributed by atoms with Crippen molar-refractivity contribution in [2.45, 2.75) is 104 Å². The van der Waals surface area contributed by atoms with Gasteiger partial charge >= 0.3 is 5.97 Å². The van der Waals surface area contributed by atoms with Gasteiger partial charge in [0.2, 0.25) is 0 Å². The summed E-state index contributed by atoms with van der Waals surface area (Å²) in [4.78, 5) is 10.5. The highest BCUT2D eigenvalue weighted by molar-refractivity contribution is 5.66. The number of unbranched alkanes of at least 4 members (excludes halogenated alkanes) is 9. The average Bonchev–Trinajstić information content (AvgIpc) is 2.89. The standard InChI is InChI=1S/C21H36O3/c1-3-4-5-6-7-8-12-15-20-18(2)17-19(24-20)14-11-9-10-13-16-21(22)23/h17H,3-16H2,1-2H3,(H,22,23). The predicted molar refractivity (Wildman–Crippen MR) is 99.6 cm³/mol. The Morgan fingerprint density at radius 3 is 2.17 bits per heavy atom. The Balaban J connectivity index is 2.12. The normalized spacial score (nSPS) is 11.1. The number of furan rings is 1. The van der Waals surface area contributed by atoms with E-state index in [1.54, 1.807) is 0 Å². The lowest BCUT2D eigenvalue weighted by Gasteiger charge is -2.01. The molecule has 1 aromatic heterocycles. The first-order valence-corrected chi connectivity index (χ1v) is 9.93. The molecule has 0 aliphatic rings. The SMILES string of the molecule is CCCCCCCCCc1oc(CCCCCCC(=O)O)cc1C. The van der Waals surface area contributed by atoms with E-state index in [1.807, 2.05) is 0 Å². The Morgan fingerprint density at radius 2 is 1.50 bits per heavy atom. The molecule has 24 heavy (non-hydrogen) atoms. The quantitative estimate of drug-likeness (QED) is 0.374. The molecule has 3 nitrogen and oxygen atoms in total. The van der Waals surface area contributed by atoms with Crippen LogP contribution in [0, 0.1) is 6.92 Å². The molecule has 1 N–H and O–H groups in total. The summed E-state index contributed by atoms with van der Waals surface area (Å²) < 4.78 is 6.01. The van der Waals surface area contributed by atoms with E-state index in [2.05, 4.69) is 19.9 Å². The van der Waals surface area contributed by atoms with Gasteiger partial charge in [-0.05, 0) is 37.8 Å². The third-order valence-electron chi connectivity index (χ3n) is 4.64. The molecule has 0 amide bonds. The summed E-state index contributed by atoms with van der Waals surface area (Å²) in [6.45, 7) is 4.41. The van der Waals surface area contributed by atoms with E-state index in [9.17, 15) is 4.79 Å². The van der Waals surface area contributed by atoms with E-state index in [1.165, 1.54) is 56.3 Å². The summed E-state index contributed by atoms with van der Waals surface area (Å²) in [6, 6.07) is 2.19. The summed E-state index contributed by atoms with van der Waals surface area (Å²) in [5.41, 5.74) is 1.29. The fourth-order valence-corrected chi connectivity index (χ4v) is 3.13. The zero-order valence-electron chi connectivity index (χ0n) is 15.7. The van der Waals surface area contributed by atoms with Crippen LogP contribution in [0.4, 0.5) is 0 Å². The van der Waals surface area contributed by atoms with Gasteiger partial charge in [0.15, 0.2) is 0 Å². The minimum atomic E-state index is -0.688. The van der Waals surface area contributed by atoms with E-state index in [0.29, 0.717) is 6.42 Å². The Hall–Kier alpha value is -1.25. The Morgan fingerprint density at radius 1 is 0.917 bits per heavy atom. The molecule has 1 rings (SSSR count). The summed E-state index contributed by atoms with van der Waals surface area (Å²) in [5.74, 6) is 1.58. The van der Waals surface area contributed by atoms with Gasteiger partial charge in [0.05, 0.1) is 0 Å². The van der Waals surface area contributed by atoms with Crippen molar-refractivity contribution >= 4 is 5.97 Å². The van der Waals surface area contributed by atoms with Crippen LogP contribution in [-0.4, -0.2) is 11.1 Å². The number of carboxylic acids is 1. The van der Waals surface area contributed by atoms with E-state index < -0.39 is 5.97 Å². The van der Waals surface area contributed by atoms with Gasteiger partial charge in [0.25, 0.3) is 0 Å². The highest BCUT2D eigenvalue weighted by atomic mass is 16.4. The van der Waals surface area contributed by atoms with Crippen molar-refractivity contribution in [3.05, 3.63) is 23.2 Å².